The second-order valence-electron chi connectivity index (χ2n) is 4.76. The first-order valence-electron chi connectivity index (χ1n) is 6.62. The van der Waals surface area contributed by atoms with Gasteiger partial charge in [-0.3, -0.25) is 10.2 Å². The molecule has 0 aliphatic heterocycles. The van der Waals surface area contributed by atoms with E-state index in [1.54, 1.807) is 6.07 Å². The third-order valence-corrected chi connectivity index (χ3v) is 3.37. The Morgan fingerprint density at radius 3 is 2.26 bits per heavy atom. The lowest BCUT2D eigenvalue weighted by molar-refractivity contribution is -0.137. The lowest BCUT2D eigenvalue weighted by Crippen LogP contribution is -2.04. The molecule has 1 heterocycles. The number of rotatable bonds is 3. The summed E-state index contributed by atoms with van der Waals surface area (Å²) in [4.78, 5) is 4.14. The van der Waals surface area contributed by atoms with Gasteiger partial charge in [-0.2, -0.15) is 18.2 Å². The van der Waals surface area contributed by atoms with Crippen LogP contribution in [0.2, 0.25) is 0 Å². The number of aromatic nitrogens is 3. The summed E-state index contributed by atoms with van der Waals surface area (Å²) < 4.78 is 38.1. The normalized spacial score (nSPS) is 11.4. The van der Waals surface area contributed by atoms with Crippen molar-refractivity contribution in [1.29, 1.82) is 0 Å². The minimum absolute atomic E-state index is 0.323. The van der Waals surface area contributed by atoms with E-state index < -0.39 is 11.7 Å². The van der Waals surface area contributed by atoms with Crippen LogP contribution in [0.3, 0.4) is 0 Å². The molecule has 1 aromatic heterocycles. The summed E-state index contributed by atoms with van der Waals surface area (Å²) >= 11 is 4.93. The lowest BCUT2D eigenvalue weighted by Gasteiger charge is -2.12. The van der Waals surface area contributed by atoms with Crippen molar-refractivity contribution in [2.75, 3.05) is 5.32 Å². The molecule has 3 rings (SSSR count). The number of H-pyrrole nitrogens is 2. The quantitative estimate of drug-likeness (QED) is 0.597. The van der Waals surface area contributed by atoms with Gasteiger partial charge in [-0.1, -0.05) is 12.1 Å². The molecular weight excluding hydrogens is 325 g/mol. The molecule has 2 aromatic carbocycles. The minimum atomic E-state index is -4.35. The van der Waals surface area contributed by atoms with Gasteiger partial charge in [0.05, 0.1) is 5.56 Å². The van der Waals surface area contributed by atoms with Gasteiger partial charge in [-0.05, 0) is 48.6 Å². The fourth-order valence-corrected chi connectivity index (χ4v) is 2.24. The molecule has 0 radical (unpaired) electrons. The number of alkyl halides is 3. The summed E-state index contributed by atoms with van der Waals surface area (Å²) in [6, 6.07) is 12.1. The fourth-order valence-electron chi connectivity index (χ4n) is 2.09. The average Bonchev–Trinajstić information content (AvgIpc) is 2.94. The zero-order chi connectivity index (χ0) is 16.4. The van der Waals surface area contributed by atoms with Crippen molar-refractivity contribution >= 4 is 23.6 Å². The van der Waals surface area contributed by atoms with Gasteiger partial charge >= 0.3 is 6.18 Å². The highest BCUT2D eigenvalue weighted by Crippen LogP contribution is 2.32. The number of anilines is 2. The maximum absolute atomic E-state index is 12.6. The van der Waals surface area contributed by atoms with Crippen LogP contribution in [0.5, 0.6) is 0 Å². The Morgan fingerprint density at radius 2 is 1.65 bits per heavy atom. The molecule has 0 bridgehead atoms. The summed E-state index contributed by atoms with van der Waals surface area (Å²) in [6.07, 6.45) is -4.35. The number of hydrogen-bond acceptors (Lipinski definition) is 3. The van der Waals surface area contributed by atoms with E-state index in [1.807, 2.05) is 18.2 Å². The van der Waals surface area contributed by atoms with Crippen molar-refractivity contribution in [2.45, 2.75) is 6.18 Å². The second kappa shape index (κ2) is 5.88. The Kier molecular flexibility index (Phi) is 3.91. The number of aromatic amines is 2. The van der Waals surface area contributed by atoms with Crippen LogP contribution in [0.15, 0.2) is 48.5 Å². The van der Waals surface area contributed by atoms with Crippen molar-refractivity contribution in [1.82, 2.24) is 15.2 Å². The van der Waals surface area contributed by atoms with Gasteiger partial charge in [0.1, 0.15) is 0 Å². The van der Waals surface area contributed by atoms with Crippen LogP contribution in [0.4, 0.5) is 24.5 Å². The first-order valence-corrected chi connectivity index (χ1v) is 7.03. The Morgan fingerprint density at radius 1 is 0.957 bits per heavy atom. The number of nitrogens with one attached hydrogen (secondary N) is 3. The molecule has 4 nitrogen and oxygen atoms in total. The largest absolute Gasteiger partial charge is 0.416 e. The number of para-hydroxylation sites is 1. The fraction of sp³-hybridized carbons (Fsp3) is 0.0667. The first kappa shape index (κ1) is 15.3. The van der Waals surface area contributed by atoms with Gasteiger partial charge < -0.3 is 5.32 Å². The molecule has 0 unspecified atom stereocenters. The van der Waals surface area contributed by atoms with Crippen LogP contribution < -0.4 is 5.32 Å². The summed E-state index contributed by atoms with van der Waals surface area (Å²) in [5, 5.41) is 8.64. The van der Waals surface area contributed by atoms with Gasteiger partial charge in [0.2, 0.25) is 4.77 Å². The number of nitrogens with zero attached hydrogens (tertiary/aromatic N) is 1. The second-order valence-corrected chi connectivity index (χ2v) is 5.15. The molecule has 0 spiro atoms. The first-order chi connectivity index (χ1) is 10.9. The van der Waals surface area contributed by atoms with Crippen molar-refractivity contribution in [2.24, 2.45) is 0 Å². The van der Waals surface area contributed by atoms with E-state index in [4.69, 9.17) is 12.2 Å². The molecule has 8 heteroatoms. The minimum Gasteiger partial charge on any atom is -0.355 e. The molecular formula is C15H11F3N4S. The smallest absolute Gasteiger partial charge is 0.355 e. The molecule has 3 aromatic rings. The van der Waals surface area contributed by atoms with E-state index in [9.17, 15) is 13.2 Å². The van der Waals surface area contributed by atoms with E-state index in [0.717, 1.165) is 17.7 Å². The Bertz CT molecular complexity index is 865. The third-order valence-electron chi connectivity index (χ3n) is 3.17. The van der Waals surface area contributed by atoms with Crippen LogP contribution >= 0.6 is 12.2 Å². The van der Waals surface area contributed by atoms with Gasteiger partial charge in [-0.15, -0.1) is 0 Å². The SMILES string of the molecule is FC(F)(F)c1ccc(Nc2ccccc2-c2nc(=S)[nH][nH]2)cc1. The maximum Gasteiger partial charge on any atom is 0.416 e. The molecule has 0 aliphatic rings. The lowest BCUT2D eigenvalue weighted by atomic mass is 10.1. The molecule has 0 amide bonds. The molecule has 0 aliphatic carbocycles. The molecule has 0 saturated heterocycles. The van der Waals surface area contributed by atoms with E-state index in [0.29, 0.717) is 22.0 Å². The predicted molar refractivity (Wildman–Crippen MR) is 83.9 cm³/mol. The highest BCUT2D eigenvalue weighted by Gasteiger charge is 2.29. The molecule has 0 fully saturated rings. The molecule has 118 valence electrons. The van der Waals surface area contributed by atoms with E-state index in [1.165, 1.54) is 12.1 Å². The van der Waals surface area contributed by atoms with Crippen molar-refractivity contribution in [3.05, 3.63) is 58.9 Å². The van der Waals surface area contributed by atoms with E-state index in [-0.39, 0.29) is 0 Å². The predicted octanol–water partition coefficient (Wildman–Crippen LogP) is 4.90. The topological polar surface area (TPSA) is 56.5 Å². The number of halogens is 3. The Balaban J connectivity index is 1.90. The Hall–Kier alpha value is -2.61. The highest BCUT2D eigenvalue weighted by atomic mass is 32.1. The van der Waals surface area contributed by atoms with Crippen molar-refractivity contribution in [3.8, 4) is 11.4 Å². The van der Waals surface area contributed by atoms with Crippen LogP contribution in [-0.2, 0) is 6.18 Å². The van der Waals surface area contributed by atoms with E-state index in [2.05, 4.69) is 20.5 Å². The van der Waals surface area contributed by atoms with Gasteiger partial charge in [0.25, 0.3) is 0 Å². The average molecular weight is 336 g/mol. The highest BCUT2D eigenvalue weighted by molar-refractivity contribution is 7.71. The zero-order valence-corrected chi connectivity index (χ0v) is 12.4. The molecule has 3 N–H and O–H groups in total. The van der Waals surface area contributed by atoms with Crippen LogP contribution in [0.1, 0.15) is 5.56 Å². The number of benzene rings is 2. The zero-order valence-electron chi connectivity index (χ0n) is 11.6. The van der Waals surface area contributed by atoms with Crippen LogP contribution in [-0.4, -0.2) is 15.2 Å². The third kappa shape index (κ3) is 3.42. The Labute approximate surface area is 134 Å². The van der Waals surface area contributed by atoms with Gasteiger partial charge in [0.15, 0.2) is 5.82 Å². The van der Waals surface area contributed by atoms with Crippen LogP contribution in [0.25, 0.3) is 11.4 Å². The molecule has 0 atom stereocenters. The summed E-state index contributed by atoms with van der Waals surface area (Å²) in [5.74, 6) is 0.546. The van der Waals surface area contributed by atoms with Crippen LogP contribution in [0, 0.1) is 4.77 Å². The summed E-state index contributed by atoms with van der Waals surface area (Å²) in [7, 11) is 0. The standard InChI is InChI=1S/C15H11F3N4S/c16-15(17,18)9-5-7-10(8-6-9)19-12-4-2-1-3-11(12)13-20-14(23)22-21-13/h1-8,19H,(H2,20,21,22,23). The molecule has 23 heavy (non-hydrogen) atoms. The van der Waals surface area contributed by atoms with Crippen molar-refractivity contribution in [3.63, 3.8) is 0 Å². The van der Waals surface area contributed by atoms with E-state index >= 15 is 0 Å². The van der Waals surface area contributed by atoms with Gasteiger partial charge in [0, 0.05) is 16.9 Å². The number of hydrogen-bond donors (Lipinski definition) is 3. The monoisotopic (exact) mass is 336 g/mol. The van der Waals surface area contributed by atoms with Crippen molar-refractivity contribution < 1.29 is 13.2 Å². The summed E-state index contributed by atoms with van der Waals surface area (Å²) in [5.41, 5.74) is 1.30. The van der Waals surface area contributed by atoms with Gasteiger partial charge in [-0.25, -0.2) is 0 Å². The maximum atomic E-state index is 12.6. The summed E-state index contributed by atoms with van der Waals surface area (Å²) in [6.45, 7) is 0. The molecule has 0 saturated carbocycles.